The molecule has 2 heterocycles. The Morgan fingerprint density at radius 3 is 2.97 bits per heavy atom. The highest BCUT2D eigenvalue weighted by Crippen LogP contribution is 2.26. The lowest BCUT2D eigenvalue weighted by Crippen LogP contribution is -2.35. The van der Waals surface area contributed by atoms with Gasteiger partial charge in [-0.25, -0.2) is 0 Å². The Morgan fingerprint density at radius 2 is 2.21 bits per heavy atom. The van der Waals surface area contributed by atoms with Crippen LogP contribution in [0.25, 0.3) is 0 Å². The lowest BCUT2D eigenvalue weighted by molar-refractivity contribution is 0.0767. The van der Waals surface area contributed by atoms with Gasteiger partial charge in [0.25, 0.3) is 5.91 Å². The van der Waals surface area contributed by atoms with Crippen molar-refractivity contribution in [1.82, 2.24) is 20.0 Å². The first-order valence-electron chi connectivity index (χ1n) is 10.1. The second-order valence-electron chi connectivity index (χ2n) is 7.95. The van der Waals surface area contributed by atoms with Crippen molar-refractivity contribution in [2.75, 3.05) is 7.05 Å². The van der Waals surface area contributed by atoms with E-state index in [0.29, 0.717) is 18.3 Å². The first-order chi connectivity index (χ1) is 14.0. The summed E-state index contributed by atoms with van der Waals surface area (Å²) in [5.74, 6) is 0.709. The third-order valence-corrected chi connectivity index (χ3v) is 5.65. The Morgan fingerprint density at radius 1 is 1.34 bits per heavy atom. The third-order valence-electron chi connectivity index (χ3n) is 5.65. The van der Waals surface area contributed by atoms with Gasteiger partial charge in [0.2, 0.25) is 0 Å². The van der Waals surface area contributed by atoms with Crippen molar-refractivity contribution >= 4 is 5.91 Å². The Labute approximate surface area is 171 Å². The summed E-state index contributed by atoms with van der Waals surface area (Å²) in [5, 5.41) is 8.24. The number of hydrogen-bond acceptors (Lipinski definition) is 4. The van der Waals surface area contributed by atoms with Gasteiger partial charge in [0.1, 0.15) is 5.76 Å². The highest BCUT2D eigenvalue weighted by atomic mass is 16.3. The number of aromatic nitrogens is 2. The van der Waals surface area contributed by atoms with Gasteiger partial charge in [0.05, 0.1) is 12.8 Å². The Hall–Kier alpha value is -2.86. The molecule has 1 N–H and O–H groups in total. The number of benzene rings is 1. The predicted octanol–water partition coefficient (Wildman–Crippen LogP) is 3.24. The Kier molecular flexibility index (Phi) is 5.53. The van der Waals surface area contributed by atoms with Crippen LogP contribution >= 0.6 is 0 Å². The SMILES string of the molecule is Cc1cccc(CN[C@@H]2CCc3c(c(C(=O)N(C)Cc4ccco4)nn3C)C2)c1. The summed E-state index contributed by atoms with van der Waals surface area (Å²) < 4.78 is 7.25. The summed E-state index contributed by atoms with van der Waals surface area (Å²) in [5.41, 5.74) is 5.38. The topological polar surface area (TPSA) is 63.3 Å². The van der Waals surface area contributed by atoms with E-state index in [9.17, 15) is 4.79 Å². The molecule has 1 aliphatic rings. The van der Waals surface area contributed by atoms with Crippen LogP contribution in [-0.4, -0.2) is 33.7 Å². The minimum absolute atomic E-state index is 0.0578. The average molecular weight is 393 g/mol. The van der Waals surface area contributed by atoms with Gasteiger partial charge >= 0.3 is 0 Å². The van der Waals surface area contributed by atoms with Gasteiger partial charge in [-0.2, -0.15) is 5.10 Å². The molecule has 152 valence electrons. The highest BCUT2D eigenvalue weighted by molar-refractivity contribution is 5.94. The van der Waals surface area contributed by atoms with Crippen LogP contribution in [0, 0.1) is 6.92 Å². The van der Waals surface area contributed by atoms with Crippen LogP contribution in [0.5, 0.6) is 0 Å². The fourth-order valence-electron chi connectivity index (χ4n) is 4.11. The van der Waals surface area contributed by atoms with Crippen LogP contribution in [0.3, 0.4) is 0 Å². The van der Waals surface area contributed by atoms with Crippen molar-refractivity contribution in [3.05, 3.63) is 76.5 Å². The summed E-state index contributed by atoms with van der Waals surface area (Å²) in [6, 6.07) is 12.6. The monoisotopic (exact) mass is 392 g/mol. The molecule has 0 radical (unpaired) electrons. The summed E-state index contributed by atoms with van der Waals surface area (Å²) in [6.45, 7) is 3.39. The van der Waals surface area contributed by atoms with E-state index in [4.69, 9.17) is 4.42 Å². The number of rotatable bonds is 6. The second kappa shape index (κ2) is 8.25. The van der Waals surface area contributed by atoms with Gasteiger partial charge in [0, 0.05) is 37.9 Å². The first kappa shape index (κ1) is 19.5. The smallest absolute Gasteiger partial charge is 0.274 e. The number of aryl methyl sites for hydroxylation is 2. The van der Waals surface area contributed by atoms with Crippen LogP contribution in [0.1, 0.15) is 45.1 Å². The maximum Gasteiger partial charge on any atom is 0.274 e. The molecule has 1 amide bonds. The van der Waals surface area contributed by atoms with E-state index in [-0.39, 0.29) is 5.91 Å². The highest BCUT2D eigenvalue weighted by Gasteiger charge is 2.29. The van der Waals surface area contributed by atoms with Crippen molar-refractivity contribution < 1.29 is 9.21 Å². The predicted molar refractivity (Wildman–Crippen MR) is 112 cm³/mol. The molecule has 0 fully saturated rings. The normalized spacial score (nSPS) is 15.9. The van der Waals surface area contributed by atoms with Gasteiger partial charge in [0.15, 0.2) is 5.69 Å². The number of furan rings is 1. The zero-order valence-electron chi connectivity index (χ0n) is 17.3. The number of nitrogens with one attached hydrogen (secondary N) is 1. The fourth-order valence-corrected chi connectivity index (χ4v) is 4.11. The number of nitrogens with zero attached hydrogens (tertiary/aromatic N) is 3. The molecule has 0 saturated carbocycles. The van der Waals surface area contributed by atoms with E-state index in [1.807, 2.05) is 23.9 Å². The molecule has 6 nitrogen and oxygen atoms in total. The maximum absolute atomic E-state index is 13.1. The quantitative estimate of drug-likeness (QED) is 0.700. The molecule has 6 heteroatoms. The third kappa shape index (κ3) is 4.27. The fraction of sp³-hybridized carbons (Fsp3) is 0.391. The molecule has 1 atom stereocenters. The summed E-state index contributed by atoms with van der Waals surface area (Å²) >= 11 is 0. The number of amides is 1. The van der Waals surface area contributed by atoms with Crippen molar-refractivity contribution in [3.8, 4) is 0 Å². The summed E-state index contributed by atoms with van der Waals surface area (Å²) in [6.07, 6.45) is 4.43. The van der Waals surface area contributed by atoms with Gasteiger partial charge in [-0.1, -0.05) is 29.8 Å². The molecule has 1 aliphatic carbocycles. The van der Waals surface area contributed by atoms with Crippen LogP contribution < -0.4 is 5.32 Å². The zero-order chi connectivity index (χ0) is 20.4. The molecule has 29 heavy (non-hydrogen) atoms. The molecule has 0 spiro atoms. The van der Waals surface area contributed by atoms with E-state index in [1.54, 1.807) is 18.2 Å². The molecular formula is C23H28N4O2. The maximum atomic E-state index is 13.1. The van der Waals surface area contributed by atoms with Crippen molar-refractivity contribution in [2.24, 2.45) is 7.05 Å². The number of fused-ring (bicyclic) bond motifs is 1. The molecule has 1 aromatic carbocycles. The Bertz CT molecular complexity index is 990. The van der Waals surface area contributed by atoms with E-state index in [0.717, 1.165) is 37.1 Å². The van der Waals surface area contributed by atoms with Gasteiger partial charge < -0.3 is 14.6 Å². The lowest BCUT2D eigenvalue weighted by atomic mass is 9.91. The van der Waals surface area contributed by atoms with Gasteiger partial charge in [-0.3, -0.25) is 9.48 Å². The van der Waals surface area contributed by atoms with E-state index < -0.39 is 0 Å². The minimum Gasteiger partial charge on any atom is -0.467 e. The molecular weight excluding hydrogens is 364 g/mol. The van der Waals surface area contributed by atoms with E-state index >= 15 is 0 Å². The second-order valence-corrected chi connectivity index (χ2v) is 7.95. The summed E-state index contributed by atoms with van der Waals surface area (Å²) in [4.78, 5) is 14.7. The molecule has 0 bridgehead atoms. The van der Waals surface area contributed by atoms with Crippen molar-refractivity contribution in [1.29, 1.82) is 0 Å². The van der Waals surface area contributed by atoms with Crippen LogP contribution in [0.2, 0.25) is 0 Å². The molecule has 4 rings (SSSR count). The average Bonchev–Trinajstić information content (AvgIpc) is 3.33. The standard InChI is InChI=1S/C23H28N4O2/c1-16-6-4-7-17(12-16)14-24-18-9-10-21-20(13-18)22(25-27(21)3)23(28)26(2)15-19-8-5-11-29-19/h4-8,11-12,18,24H,9-10,13-15H2,1-3H3/t18-/m1/s1. The van der Waals surface area contributed by atoms with Gasteiger partial charge in [-0.05, 0) is 43.9 Å². The number of carbonyl (C=O) groups is 1. The van der Waals surface area contributed by atoms with Crippen LogP contribution in [0.4, 0.5) is 0 Å². The molecule has 0 unspecified atom stereocenters. The molecule has 0 saturated heterocycles. The molecule has 2 aromatic heterocycles. The molecule has 3 aromatic rings. The van der Waals surface area contributed by atoms with E-state index in [2.05, 4.69) is 41.6 Å². The van der Waals surface area contributed by atoms with Crippen molar-refractivity contribution in [2.45, 2.75) is 45.3 Å². The minimum atomic E-state index is -0.0578. The zero-order valence-corrected chi connectivity index (χ0v) is 17.3. The summed E-state index contributed by atoms with van der Waals surface area (Å²) in [7, 11) is 3.73. The largest absolute Gasteiger partial charge is 0.467 e. The molecule has 0 aliphatic heterocycles. The number of hydrogen-bond donors (Lipinski definition) is 1. The van der Waals surface area contributed by atoms with E-state index in [1.165, 1.54) is 16.8 Å². The van der Waals surface area contributed by atoms with Gasteiger partial charge in [-0.15, -0.1) is 0 Å². The first-order valence-corrected chi connectivity index (χ1v) is 10.1. The lowest BCUT2D eigenvalue weighted by Gasteiger charge is -2.25. The van der Waals surface area contributed by atoms with Crippen LogP contribution in [0.15, 0.2) is 47.1 Å². The Balaban J connectivity index is 1.46. The van der Waals surface area contributed by atoms with Crippen LogP contribution in [-0.2, 0) is 33.0 Å². The van der Waals surface area contributed by atoms with Crippen molar-refractivity contribution in [3.63, 3.8) is 0 Å². The number of carbonyl (C=O) groups excluding carboxylic acids is 1.